The fraction of sp³-hybridized carbons (Fsp3) is 0.421. The number of nitriles is 2. The van der Waals surface area contributed by atoms with Crippen LogP contribution in [0.1, 0.15) is 83.1 Å². The van der Waals surface area contributed by atoms with Crippen LogP contribution in [0, 0.1) is 44.3 Å². The van der Waals surface area contributed by atoms with E-state index in [1.54, 1.807) is 0 Å². The molecule has 1 fully saturated rings. The van der Waals surface area contributed by atoms with Crippen LogP contribution < -0.4 is 6.47 Å². The second kappa shape index (κ2) is 10.7. The van der Waals surface area contributed by atoms with Gasteiger partial charge in [-0.15, -0.1) is 0 Å². The van der Waals surface area contributed by atoms with Gasteiger partial charge in [-0.2, -0.15) is 0 Å². The number of hydrogen-bond acceptors (Lipinski definition) is 4. The van der Waals surface area contributed by atoms with Crippen molar-refractivity contribution in [2.24, 2.45) is 21.7 Å². The van der Waals surface area contributed by atoms with E-state index in [0.29, 0.717) is 0 Å². The predicted molar refractivity (Wildman–Crippen MR) is 175 cm³/mol. The third kappa shape index (κ3) is 6.22. The number of allylic oxidation sites excluding steroid dienone is 12. The summed E-state index contributed by atoms with van der Waals surface area (Å²) < 4.78 is 2.00. The van der Waals surface area contributed by atoms with Crippen LogP contribution in [0.2, 0.25) is 0 Å². The van der Waals surface area contributed by atoms with Crippen LogP contribution in [-0.4, -0.2) is 32.0 Å². The van der Waals surface area contributed by atoms with Crippen LogP contribution in [0.25, 0.3) is 11.1 Å². The zero-order chi connectivity index (χ0) is 32.4. The van der Waals surface area contributed by atoms with Crippen molar-refractivity contribution in [1.82, 2.24) is 0 Å². The molecule has 0 spiro atoms. The first-order chi connectivity index (χ1) is 19.6. The third-order valence-electron chi connectivity index (χ3n) is 8.00. The number of hydrogen-bond donors (Lipinski definition) is 0. The topological polar surface area (TPSA) is 81.7 Å². The van der Waals surface area contributed by atoms with Gasteiger partial charge in [0.05, 0.1) is 0 Å². The van der Waals surface area contributed by atoms with Crippen molar-refractivity contribution in [1.29, 1.82) is 10.5 Å². The molecule has 0 unspecified atom stereocenters. The average Bonchev–Trinajstić information content (AvgIpc) is 3.41. The van der Waals surface area contributed by atoms with Gasteiger partial charge in [0.25, 0.3) is 0 Å². The Bertz CT molecular complexity index is 1690. The summed E-state index contributed by atoms with van der Waals surface area (Å²) in [6.07, 6.45) is 8.24. The molecule has 0 radical (unpaired) electrons. The van der Waals surface area contributed by atoms with E-state index >= 15 is 0 Å². The summed E-state index contributed by atoms with van der Waals surface area (Å²) in [5.41, 5.74) is 7.28. The summed E-state index contributed by atoms with van der Waals surface area (Å²) in [5, 5.41) is 19.1. The van der Waals surface area contributed by atoms with Gasteiger partial charge in [-0.1, -0.05) is 0 Å². The van der Waals surface area contributed by atoms with Crippen LogP contribution in [0.15, 0.2) is 81.0 Å². The van der Waals surface area contributed by atoms with E-state index in [2.05, 4.69) is 126 Å². The van der Waals surface area contributed by atoms with Crippen molar-refractivity contribution in [3.8, 4) is 12.1 Å². The molecule has 0 aromatic carbocycles. The SMILES string of the molecule is CC(C)(C)C1=CC(=C2C(=C3C=C(C(C)(C)C)C(=O)C(C(C)(C)C)=C3)C2=c2ccc(=C(C#N)C#N)[te]2)C=C(C(C)(C)C)C1=O. The predicted octanol–water partition coefficient (Wildman–Crippen LogP) is 6.75. The molecule has 1 heterocycles. The van der Waals surface area contributed by atoms with Gasteiger partial charge in [-0.25, -0.2) is 0 Å². The molecular weight excluding hydrogens is 644 g/mol. The minimum atomic E-state index is -0.982. The first kappa shape index (κ1) is 32.7. The zero-order valence-electron chi connectivity index (χ0n) is 27.6. The Morgan fingerprint density at radius 3 is 1.16 bits per heavy atom. The van der Waals surface area contributed by atoms with Crippen LogP contribution in [0.5, 0.6) is 0 Å². The van der Waals surface area contributed by atoms with Crippen molar-refractivity contribution in [3.63, 3.8) is 0 Å². The minimum absolute atomic E-state index is 0.0916. The molecule has 222 valence electrons. The zero-order valence-corrected chi connectivity index (χ0v) is 29.9. The fourth-order valence-corrected chi connectivity index (χ4v) is 8.41. The van der Waals surface area contributed by atoms with E-state index < -0.39 is 20.4 Å². The van der Waals surface area contributed by atoms with E-state index in [0.717, 1.165) is 56.6 Å². The normalized spacial score (nSPS) is 18.1. The van der Waals surface area contributed by atoms with E-state index in [-0.39, 0.29) is 38.8 Å². The monoisotopic (exact) mass is 688 g/mol. The maximum atomic E-state index is 13.7. The van der Waals surface area contributed by atoms with Crippen molar-refractivity contribution in [2.75, 3.05) is 0 Å². The Morgan fingerprint density at radius 2 is 0.884 bits per heavy atom. The summed E-state index contributed by atoms with van der Waals surface area (Å²) >= 11 is -0.982. The Hall–Kier alpha value is -3.23. The molecule has 3 aliphatic rings. The Balaban J connectivity index is 2.22. The van der Waals surface area contributed by atoms with Crippen molar-refractivity contribution in [3.05, 3.63) is 87.5 Å². The summed E-state index contributed by atoms with van der Waals surface area (Å²) in [6.45, 7) is 24.9. The summed E-state index contributed by atoms with van der Waals surface area (Å²) in [5.74, 6) is 0.183. The van der Waals surface area contributed by atoms with E-state index in [1.165, 1.54) is 0 Å². The third-order valence-corrected chi connectivity index (χ3v) is 11.2. The average molecular weight is 686 g/mol. The molecule has 3 aliphatic carbocycles. The van der Waals surface area contributed by atoms with Gasteiger partial charge < -0.3 is 0 Å². The summed E-state index contributed by atoms with van der Waals surface area (Å²) in [6, 6.07) is 8.10. The number of Topliss-reactive ketones (excluding diaryl/α,β-unsaturated/α-hetero) is 2. The molecule has 0 aliphatic heterocycles. The number of carbonyl (C=O) groups excluding carboxylic acids is 2. The molecule has 0 atom stereocenters. The van der Waals surface area contributed by atoms with E-state index in [9.17, 15) is 20.1 Å². The number of carbonyl (C=O) groups is 2. The summed E-state index contributed by atoms with van der Waals surface area (Å²) in [7, 11) is 0. The number of rotatable bonds is 0. The summed E-state index contributed by atoms with van der Waals surface area (Å²) in [4.78, 5) is 27.5. The van der Waals surface area contributed by atoms with Crippen LogP contribution >= 0.6 is 0 Å². The molecule has 43 heavy (non-hydrogen) atoms. The molecule has 0 saturated heterocycles. The van der Waals surface area contributed by atoms with Gasteiger partial charge in [-0.05, 0) is 0 Å². The van der Waals surface area contributed by atoms with Gasteiger partial charge in [0.2, 0.25) is 0 Å². The first-order valence-electron chi connectivity index (χ1n) is 14.7. The second-order valence-electron chi connectivity index (χ2n) is 15.7. The molecule has 0 bridgehead atoms. The van der Waals surface area contributed by atoms with E-state index in [1.807, 2.05) is 6.07 Å². The molecule has 4 rings (SSSR count). The Kier molecular flexibility index (Phi) is 8.16. The molecule has 1 aromatic rings. The van der Waals surface area contributed by atoms with Crippen molar-refractivity contribution < 1.29 is 9.59 Å². The number of nitrogens with zero attached hydrogens (tertiary/aromatic N) is 2. The molecule has 4 nitrogen and oxygen atoms in total. The van der Waals surface area contributed by atoms with Gasteiger partial charge in [0, 0.05) is 0 Å². The van der Waals surface area contributed by atoms with Gasteiger partial charge in [0.15, 0.2) is 0 Å². The van der Waals surface area contributed by atoms with Crippen molar-refractivity contribution in [2.45, 2.75) is 83.1 Å². The quantitative estimate of drug-likeness (QED) is 0.283. The van der Waals surface area contributed by atoms with E-state index in [4.69, 9.17) is 0 Å². The second-order valence-corrected chi connectivity index (χ2v) is 18.8. The van der Waals surface area contributed by atoms with Crippen LogP contribution in [-0.2, 0) is 9.59 Å². The Labute approximate surface area is 266 Å². The number of ketones is 2. The first-order valence-corrected chi connectivity index (χ1v) is 17.1. The molecule has 5 heteroatoms. The Morgan fingerprint density at radius 1 is 0.558 bits per heavy atom. The molecule has 1 saturated carbocycles. The molecule has 1 aromatic heterocycles. The molecule has 0 N–H and O–H groups in total. The maximum absolute atomic E-state index is 13.7. The van der Waals surface area contributed by atoms with Gasteiger partial charge >= 0.3 is 268 Å². The van der Waals surface area contributed by atoms with Crippen molar-refractivity contribution >= 4 is 43.1 Å². The van der Waals surface area contributed by atoms with Crippen LogP contribution in [0.3, 0.4) is 0 Å². The molecular formula is C38H42N2O2Te. The van der Waals surface area contributed by atoms with Gasteiger partial charge in [0.1, 0.15) is 0 Å². The van der Waals surface area contributed by atoms with Gasteiger partial charge in [-0.3, -0.25) is 0 Å². The standard InChI is InChI=1S/C38H42N2O2Te/c1-35(2,3)24-15-21(16-25(33(24)41)36(4,5)6)30-31(32(30)29-14-13-28(43-29)23(19-39)20-40)22-17-26(37(7,8)9)34(42)27(18-22)38(10,11)12/h13-18H,1-12H3. The fourth-order valence-electron chi connectivity index (χ4n) is 5.53. The molecule has 0 amide bonds. The van der Waals surface area contributed by atoms with Crippen LogP contribution in [0.4, 0.5) is 0 Å².